The van der Waals surface area contributed by atoms with E-state index in [0.29, 0.717) is 11.3 Å². The first kappa shape index (κ1) is 21.9. The van der Waals surface area contributed by atoms with Crippen molar-refractivity contribution in [1.29, 1.82) is 5.26 Å². The van der Waals surface area contributed by atoms with Gasteiger partial charge in [0.15, 0.2) is 9.84 Å². The van der Waals surface area contributed by atoms with Crippen LogP contribution in [-0.4, -0.2) is 34.0 Å². The molecule has 0 spiro atoms. The van der Waals surface area contributed by atoms with Crippen LogP contribution in [0.2, 0.25) is 0 Å². The Morgan fingerprint density at radius 3 is 2.61 bits per heavy atom. The molecule has 0 aliphatic carbocycles. The predicted molar refractivity (Wildman–Crippen MR) is 123 cm³/mol. The van der Waals surface area contributed by atoms with E-state index in [-0.39, 0.29) is 33.2 Å². The molecule has 0 fully saturated rings. The quantitative estimate of drug-likeness (QED) is 0.454. The largest absolute Gasteiger partial charge is 0.382 e. The number of benzene rings is 1. The SMILES string of the molecule is C[C@H](Nc1ncnc(N)c1C#N)c1nc2ccccn2c(=O)c1-c1ccccc1S(C)(=O)=O. The summed E-state index contributed by atoms with van der Waals surface area (Å²) in [5.41, 5.74) is 6.45. The van der Waals surface area contributed by atoms with Crippen molar-refractivity contribution in [3.05, 3.63) is 76.6 Å². The lowest BCUT2D eigenvalue weighted by atomic mass is 10.0. The number of nitrogens with one attached hydrogen (secondary N) is 1. The van der Waals surface area contributed by atoms with Gasteiger partial charge in [-0.1, -0.05) is 24.3 Å². The van der Waals surface area contributed by atoms with Gasteiger partial charge in [-0.05, 0) is 25.1 Å². The number of anilines is 2. The fraction of sp³-hybridized carbons (Fsp3) is 0.136. The molecule has 3 N–H and O–H groups in total. The van der Waals surface area contributed by atoms with Crippen molar-refractivity contribution in [3.63, 3.8) is 0 Å². The van der Waals surface area contributed by atoms with Crippen LogP contribution < -0.4 is 16.6 Å². The normalized spacial score (nSPS) is 12.3. The zero-order chi connectivity index (χ0) is 23.8. The Kier molecular flexibility index (Phi) is 5.53. The predicted octanol–water partition coefficient (Wildman–Crippen LogP) is 2.18. The standard InChI is InChI=1S/C22H19N7O3S/c1-13(27-21-15(11-23)20(24)25-12-26-21)19-18(14-7-3-4-8-16(14)33(2,31)32)22(30)29-10-6-5-9-17(29)28-19/h3-10,12-13H,1-2H3,(H3,24,25,26,27)/t13-/m0/s1. The first-order chi connectivity index (χ1) is 15.7. The molecule has 3 heterocycles. The maximum Gasteiger partial charge on any atom is 0.266 e. The third-order valence-corrected chi connectivity index (χ3v) is 6.22. The van der Waals surface area contributed by atoms with Crippen LogP contribution >= 0.6 is 0 Å². The molecule has 166 valence electrons. The molecular weight excluding hydrogens is 442 g/mol. The van der Waals surface area contributed by atoms with Crippen LogP contribution in [0.1, 0.15) is 24.2 Å². The molecule has 33 heavy (non-hydrogen) atoms. The van der Waals surface area contributed by atoms with Crippen LogP contribution in [0.5, 0.6) is 0 Å². The number of aromatic nitrogens is 4. The number of hydrogen-bond donors (Lipinski definition) is 2. The van der Waals surface area contributed by atoms with Crippen LogP contribution in [0.15, 0.2) is 64.7 Å². The van der Waals surface area contributed by atoms with E-state index in [1.54, 1.807) is 49.5 Å². The third kappa shape index (κ3) is 3.99. The van der Waals surface area contributed by atoms with E-state index in [0.717, 1.165) is 6.26 Å². The molecule has 1 atom stereocenters. The molecule has 0 aliphatic rings. The summed E-state index contributed by atoms with van der Waals surface area (Å²) in [6, 6.07) is 12.7. The molecular formula is C22H19N7O3S. The monoisotopic (exact) mass is 461 g/mol. The maximum atomic E-state index is 13.6. The average molecular weight is 462 g/mol. The van der Waals surface area contributed by atoms with E-state index in [1.807, 2.05) is 6.07 Å². The van der Waals surface area contributed by atoms with Crippen LogP contribution in [0.25, 0.3) is 16.8 Å². The highest BCUT2D eigenvalue weighted by Crippen LogP contribution is 2.31. The number of rotatable bonds is 5. The number of nitrogens with two attached hydrogens (primary N) is 1. The Balaban J connectivity index is 2.00. The zero-order valence-electron chi connectivity index (χ0n) is 17.7. The van der Waals surface area contributed by atoms with Crippen molar-refractivity contribution in [1.82, 2.24) is 19.4 Å². The van der Waals surface area contributed by atoms with Gasteiger partial charge in [0, 0.05) is 18.0 Å². The maximum absolute atomic E-state index is 13.6. The number of nitrogen functional groups attached to an aromatic ring is 1. The lowest BCUT2D eigenvalue weighted by Crippen LogP contribution is -2.24. The molecule has 1 aromatic carbocycles. The Morgan fingerprint density at radius 1 is 1.15 bits per heavy atom. The Hall–Kier alpha value is -4.30. The van der Waals surface area contributed by atoms with Crippen molar-refractivity contribution in [2.45, 2.75) is 17.9 Å². The Morgan fingerprint density at radius 2 is 1.88 bits per heavy atom. The van der Waals surface area contributed by atoms with Crippen LogP contribution in [-0.2, 0) is 9.84 Å². The Labute approximate surface area is 189 Å². The molecule has 0 aliphatic heterocycles. The first-order valence-electron chi connectivity index (χ1n) is 9.80. The van der Waals surface area contributed by atoms with Gasteiger partial charge in [-0.3, -0.25) is 9.20 Å². The number of nitrogens with zero attached hydrogens (tertiary/aromatic N) is 5. The third-order valence-electron chi connectivity index (χ3n) is 5.07. The number of sulfone groups is 1. The molecule has 0 saturated carbocycles. The summed E-state index contributed by atoms with van der Waals surface area (Å²) < 4.78 is 26.3. The van der Waals surface area contributed by atoms with Gasteiger partial charge in [0.25, 0.3) is 5.56 Å². The highest BCUT2D eigenvalue weighted by molar-refractivity contribution is 7.90. The highest BCUT2D eigenvalue weighted by Gasteiger charge is 2.25. The average Bonchev–Trinajstić information content (AvgIpc) is 2.78. The number of hydrogen-bond acceptors (Lipinski definition) is 9. The van der Waals surface area contributed by atoms with Crippen molar-refractivity contribution < 1.29 is 8.42 Å². The summed E-state index contributed by atoms with van der Waals surface area (Å²) in [6.07, 6.45) is 3.87. The first-order valence-corrected chi connectivity index (χ1v) is 11.7. The van der Waals surface area contributed by atoms with Gasteiger partial charge in [-0.15, -0.1) is 0 Å². The summed E-state index contributed by atoms with van der Waals surface area (Å²) in [4.78, 5) is 26.1. The van der Waals surface area contributed by atoms with Gasteiger partial charge >= 0.3 is 0 Å². The fourth-order valence-electron chi connectivity index (χ4n) is 3.56. The molecule has 0 saturated heterocycles. The van der Waals surface area contributed by atoms with Gasteiger partial charge in [0.2, 0.25) is 0 Å². The van der Waals surface area contributed by atoms with E-state index in [4.69, 9.17) is 5.73 Å². The summed E-state index contributed by atoms with van der Waals surface area (Å²) >= 11 is 0. The molecule has 4 aromatic rings. The van der Waals surface area contributed by atoms with Crippen LogP contribution in [0.4, 0.5) is 11.6 Å². The van der Waals surface area contributed by atoms with E-state index in [2.05, 4.69) is 20.3 Å². The lowest BCUT2D eigenvalue weighted by molar-refractivity contribution is 0.602. The van der Waals surface area contributed by atoms with Gasteiger partial charge in [0.1, 0.15) is 35.2 Å². The minimum Gasteiger partial charge on any atom is -0.382 e. The van der Waals surface area contributed by atoms with Crippen molar-refractivity contribution in [2.75, 3.05) is 17.3 Å². The summed E-state index contributed by atoms with van der Waals surface area (Å²) in [7, 11) is -3.65. The molecule has 4 rings (SSSR count). The van der Waals surface area contributed by atoms with Crippen LogP contribution in [0, 0.1) is 11.3 Å². The van der Waals surface area contributed by atoms with Gasteiger partial charge < -0.3 is 11.1 Å². The minimum atomic E-state index is -3.65. The number of nitriles is 1. The highest BCUT2D eigenvalue weighted by atomic mass is 32.2. The molecule has 11 heteroatoms. The smallest absolute Gasteiger partial charge is 0.266 e. The zero-order valence-corrected chi connectivity index (χ0v) is 18.5. The van der Waals surface area contributed by atoms with Crippen molar-refractivity contribution in [2.24, 2.45) is 0 Å². The van der Waals surface area contributed by atoms with Crippen molar-refractivity contribution in [3.8, 4) is 17.2 Å². The summed E-state index contributed by atoms with van der Waals surface area (Å²) in [6.45, 7) is 1.73. The second-order valence-corrected chi connectivity index (χ2v) is 9.32. The number of pyridine rings is 1. The molecule has 0 unspecified atom stereocenters. The number of fused-ring (bicyclic) bond motifs is 1. The summed E-state index contributed by atoms with van der Waals surface area (Å²) in [5.74, 6) is 0.186. The van der Waals surface area contributed by atoms with Gasteiger partial charge in [0.05, 0.1) is 22.2 Å². The minimum absolute atomic E-state index is 0.0105. The van der Waals surface area contributed by atoms with E-state index in [1.165, 1.54) is 16.8 Å². The molecule has 0 amide bonds. The Bertz CT molecular complexity index is 1590. The second-order valence-electron chi connectivity index (χ2n) is 7.33. The second kappa shape index (κ2) is 8.33. The van der Waals surface area contributed by atoms with Gasteiger partial charge in [-0.2, -0.15) is 5.26 Å². The van der Waals surface area contributed by atoms with Gasteiger partial charge in [-0.25, -0.2) is 23.4 Å². The molecule has 0 bridgehead atoms. The summed E-state index contributed by atoms with van der Waals surface area (Å²) in [5, 5.41) is 12.5. The molecule has 0 radical (unpaired) electrons. The van der Waals surface area contributed by atoms with E-state index in [9.17, 15) is 18.5 Å². The lowest BCUT2D eigenvalue weighted by Gasteiger charge is -2.20. The van der Waals surface area contributed by atoms with E-state index < -0.39 is 21.4 Å². The molecule has 3 aromatic heterocycles. The topological polar surface area (TPSA) is 156 Å². The fourth-order valence-corrected chi connectivity index (χ4v) is 4.46. The molecule has 10 nitrogen and oxygen atoms in total. The van der Waals surface area contributed by atoms with Crippen LogP contribution in [0.3, 0.4) is 0 Å². The van der Waals surface area contributed by atoms with Crippen molar-refractivity contribution >= 4 is 27.1 Å². The van der Waals surface area contributed by atoms with E-state index >= 15 is 0 Å².